The van der Waals surface area contributed by atoms with Crippen LogP contribution in [0.25, 0.3) is 43.1 Å². The highest BCUT2D eigenvalue weighted by Gasteiger charge is 2.41. The monoisotopic (exact) mass is 978 g/mol. The van der Waals surface area contributed by atoms with Gasteiger partial charge in [-0.05, 0) is 116 Å². The predicted octanol–water partition coefficient (Wildman–Crippen LogP) is 17.7. The van der Waals surface area contributed by atoms with Crippen LogP contribution < -0.4 is 19.3 Å². The highest BCUT2D eigenvalue weighted by atomic mass is 16.5. The molecule has 2 aliphatic rings. The Kier molecular flexibility index (Phi) is 11.8. The van der Waals surface area contributed by atoms with E-state index in [1.807, 2.05) is 84.9 Å². The molecule has 74 heavy (non-hydrogen) atoms. The van der Waals surface area contributed by atoms with Gasteiger partial charge in [-0.1, -0.05) is 168 Å². The second-order valence-corrected chi connectivity index (χ2v) is 22.1. The van der Waals surface area contributed by atoms with Gasteiger partial charge in [0.2, 0.25) is 0 Å². The number of hydrogen-bond donors (Lipinski definition) is 0. The fourth-order valence-corrected chi connectivity index (χ4v) is 11.8. The number of rotatable bonds is 12. The van der Waals surface area contributed by atoms with Gasteiger partial charge in [0.15, 0.2) is 0 Å². The lowest BCUT2D eigenvalue weighted by atomic mass is 9.81. The maximum Gasteiger partial charge on any atom is 0.266 e. The number of carbonyl (C=O) groups is 4. The Hall–Kier alpha value is -7.84. The van der Waals surface area contributed by atoms with Gasteiger partial charge >= 0.3 is 0 Å². The molecule has 11 rings (SSSR count). The maximum absolute atomic E-state index is 15.6. The van der Waals surface area contributed by atoms with Crippen LogP contribution in [0.3, 0.4) is 0 Å². The molecular weight excluding hydrogens is 917 g/mol. The summed E-state index contributed by atoms with van der Waals surface area (Å²) in [4.78, 5) is 64.4. The molecule has 0 aliphatic carbocycles. The number of hydrogen-bond acceptors (Lipinski definition) is 6. The van der Waals surface area contributed by atoms with Gasteiger partial charge in [0, 0.05) is 43.4 Å². The summed E-state index contributed by atoms with van der Waals surface area (Å²) in [7, 11) is 0. The van der Waals surface area contributed by atoms with E-state index in [9.17, 15) is 0 Å². The molecule has 8 heteroatoms. The molecule has 0 N–H and O–H groups in total. The molecule has 9 aromatic carbocycles. The minimum Gasteiger partial charge on any atom is -0.456 e. The van der Waals surface area contributed by atoms with Crippen molar-refractivity contribution >= 4 is 78.1 Å². The second kappa shape index (κ2) is 18.0. The van der Waals surface area contributed by atoms with E-state index in [0.29, 0.717) is 99.7 Å². The number of para-hydroxylation sites is 4. The number of nitrogens with zero attached hydrogens (tertiary/aromatic N) is 2. The van der Waals surface area contributed by atoms with E-state index in [1.54, 1.807) is 0 Å². The van der Waals surface area contributed by atoms with Crippen LogP contribution in [0.1, 0.15) is 193 Å². The lowest BCUT2D eigenvalue weighted by molar-refractivity contribution is 0.0877. The fraction of sp³-hybridized carbons (Fsp3) is 0.273. The summed E-state index contributed by atoms with van der Waals surface area (Å²) in [5.74, 6) is 0.863. The molecule has 0 bridgehead atoms. The van der Waals surface area contributed by atoms with Crippen molar-refractivity contribution in [3.8, 4) is 23.0 Å². The second-order valence-electron chi connectivity index (χ2n) is 22.1. The normalized spacial score (nSPS) is 13.9. The standard InChI is InChI=1S/C66H62N2O6/c1-33(2)39-19-13-15-25-51(39)67-63(69)47-29-27-45-58-54(74-62-43(37(9)10)23-18-24-44(62)38(11)12)32-50-56-48(64(70)68(66(50)72)52-26-16-14-20-40(52)34(3)4)30-28-46(60(56)58)57-53(31-49(65(67)71)55(47)59(45)57)73-61-41(35(5)6)21-17-22-42(61)36(7)8/h13-38H,1-12H3. The molecule has 2 aliphatic heterocycles. The van der Waals surface area contributed by atoms with Crippen LogP contribution in [0.5, 0.6) is 23.0 Å². The molecule has 0 fully saturated rings. The van der Waals surface area contributed by atoms with Crippen LogP contribution in [0.4, 0.5) is 11.4 Å². The lowest BCUT2D eigenvalue weighted by Crippen LogP contribution is -2.41. The van der Waals surface area contributed by atoms with Crippen molar-refractivity contribution in [2.24, 2.45) is 0 Å². The smallest absolute Gasteiger partial charge is 0.266 e. The number of fused-ring (bicyclic) bond motifs is 2. The fourth-order valence-electron chi connectivity index (χ4n) is 11.8. The third-order valence-electron chi connectivity index (χ3n) is 15.4. The van der Waals surface area contributed by atoms with Crippen LogP contribution in [-0.2, 0) is 0 Å². The van der Waals surface area contributed by atoms with Crippen LogP contribution >= 0.6 is 0 Å². The van der Waals surface area contributed by atoms with E-state index >= 15 is 19.2 Å². The summed E-state index contributed by atoms with van der Waals surface area (Å²) in [5.41, 5.74) is 8.27. The van der Waals surface area contributed by atoms with E-state index < -0.39 is 23.6 Å². The molecule has 9 aromatic rings. The van der Waals surface area contributed by atoms with E-state index in [2.05, 4.69) is 119 Å². The SMILES string of the molecule is CC(C)c1ccccc1N1C(=O)c2ccc3c4c(Oc5c(C(C)C)cccc5C(C)C)cc5c6c(ccc(c7c(Oc8c(C(C)C)cccc8C(C)C)cc(c2c37)C1=O)c64)C(=O)N(c1ccccc1C(C)C)C5=O. The highest BCUT2D eigenvalue weighted by Crippen LogP contribution is 2.55. The molecule has 0 aromatic heterocycles. The Balaban J connectivity index is 1.32. The van der Waals surface area contributed by atoms with Crippen molar-refractivity contribution in [2.75, 3.05) is 9.80 Å². The predicted molar refractivity (Wildman–Crippen MR) is 300 cm³/mol. The van der Waals surface area contributed by atoms with Crippen LogP contribution in [0, 0.1) is 0 Å². The van der Waals surface area contributed by atoms with E-state index in [0.717, 1.165) is 33.4 Å². The summed E-state index contributed by atoms with van der Waals surface area (Å²) < 4.78 is 14.9. The lowest BCUT2D eigenvalue weighted by Gasteiger charge is -2.33. The summed E-state index contributed by atoms with van der Waals surface area (Å²) in [6.45, 7) is 25.4. The van der Waals surface area contributed by atoms with Crippen molar-refractivity contribution in [3.05, 3.63) is 177 Å². The van der Waals surface area contributed by atoms with E-state index in [-0.39, 0.29) is 35.5 Å². The number of imide groups is 2. The summed E-state index contributed by atoms with van der Waals surface area (Å²) >= 11 is 0. The molecule has 0 atom stereocenters. The summed E-state index contributed by atoms with van der Waals surface area (Å²) in [6, 6.07) is 38.9. The minimum absolute atomic E-state index is 0.0225. The number of carbonyl (C=O) groups excluding carboxylic acids is 4. The van der Waals surface area contributed by atoms with Gasteiger partial charge < -0.3 is 9.47 Å². The molecule has 4 amide bonds. The van der Waals surface area contributed by atoms with Crippen molar-refractivity contribution < 1.29 is 28.7 Å². The number of amides is 4. The quantitative estimate of drug-likeness (QED) is 0.0688. The Morgan fingerprint density at radius 1 is 0.311 bits per heavy atom. The molecule has 0 saturated carbocycles. The molecule has 0 unspecified atom stereocenters. The molecule has 372 valence electrons. The van der Waals surface area contributed by atoms with Crippen LogP contribution in [0.2, 0.25) is 0 Å². The molecule has 0 spiro atoms. The van der Waals surface area contributed by atoms with E-state index in [1.165, 1.54) is 9.80 Å². The van der Waals surface area contributed by atoms with Crippen molar-refractivity contribution in [2.45, 2.75) is 119 Å². The Bertz CT molecular complexity index is 3550. The third kappa shape index (κ3) is 7.23. The Morgan fingerprint density at radius 3 is 0.932 bits per heavy atom. The summed E-state index contributed by atoms with van der Waals surface area (Å²) in [5, 5.41) is 5.03. The zero-order valence-electron chi connectivity index (χ0n) is 44.4. The first-order chi connectivity index (χ1) is 35.4. The third-order valence-corrected chi connectivity index (χ3v) is 15.4. The molecule has 0 saturated heterocycles. The Labute approximate surface area is 433 Å². The van der Waals surface area contributed by atoms with Gasteiger partial charge in [-0.3, -0.25) is 19.2 Å². The molecular formula is C66H62N2O6. The van der Waals surface area contributed by atoms with Gasteiger partial charge in [0.25, 0.3) is 23.6 Å². The molecule has 0 radical (unpaired) electrons. The average Bonchev–Trinajstić information content (AvgIpc) is 3.37. The first-order valence-corrected chi connectivity index (χ1v) is 26.3. The van der Waals surface area contributed by atoms with Crippen LogP contribution in [-0.4, -0.2) is 23.6 Å². The number of anilines is 2. The molecule has 2 heterocycles. The first-order valence-electron chi connectivity index (χ1n) is 26.3. The molecule has 8 nitrogen and oxygen atoms in total. The highest BCUT2D eigenvalue weighted by molar-refractivity contribution is 6.46. The van der Waals surface area contributed by atoms with E-state index in [4.69, 9.17) is 9.47 Å². The van der Waals surface area contributed by atoms with Crippen LogP contribution in [0.15, 0.2) is 121 Å². The zero-order valence-corrected chi connectivity index (χ0v) is 44.4. The van der Waals surface area contributed by atoms with Gasteiger partial charge in [0.1, 0.15) is 23.0 Å². The largest absolute Gasteiger partial charge is 0.456 e. The minimum atomic E-state index is -0.455. The van der Waals surface area contributed by atoms with Crippen molar-refractivity contribution in [3.63, 3.8) is 0 Å². The number of ether oxygens (including phenoxy) is 2. The van der Waals surface area contributed by atoms with Crippen molar-refractivity contribution in [1.82, 2.24) is 0 Å². The van der Waals surface area contributed by atoms with Gasteiger partial charge in [-0.25, -0.2) is 9.80 Å². The summed E-state index contributed by atoms with van der Waals surface area (Å²) in [6.07, 6.45) is 0. The van der Waals surface area contributed by atoms with Gasteiger partial charge in [-0.2, -0.15) is 0 Å². The average molecular weight is 979 g/mol. The topological polar surface area (TPSA) is 93.2 Å². The van der Waals surface area contributed by atoms with Gasteiger partial charge in [0.05, 0.1) is 22.5 Å². The van der Waals surface area contributed by atoms with Crippen molar-refractivity contribution in [1.29, 1.82) is 0 Å². The first kappa shape index (κ1) is 48.4. The zero-order chi connectivity index (χ0) is 52.3. The maximum atomic E-state index is 15.6. The van der Waals surface area contributed by atoms with Gasteiger partial charge in [-0.15, -0.1) is 0 Å². The number of benzene rings is 9. The Morgan fingerprint density at radius 2 is 0.608 bits per heavy atom.